The third-order valence-corrected chi connectivity index (χ3v) is 4.50. The summed E-state index contributed by atoms with van der Waals surface area (Å²) >= 11 is 0. The molecule has 0 saturated carbocycles. The van der Waals surface area contributed by atoms with Gasteiger partial charge in [-0.15, -0.1) is 0 Å². The number of aryl methyl sites for hydroxylation is 1. The molecule has 2 rings (SSSR count). The van der Waals surface area contributed by atoms with Gasteiger partial charge in [-0.25, -0.2) is 0 Å². The summed E-state index contributed by atoms with van der Waals surface area (Å²) in [7, 11) is 0. The van der Waals surface area contributed by atoms with Gasteiger partial charge in [-0.1, -0.05) is 71.1 Å². The fourth-order valence-corrected chi connectivity index (χ4v) is 3.69. The number of allylic oxidation sites excluding steroid dienone is 2. The number of benzene rings is 1. The SMILES string of the molecule is CCCC1=C(CCC)c2c(ccc(CCC)c2CCC)[CH]1. The Balaban J connectivity index is 2.51. The maximum absolute atomic E-state index is 2.47. The molecule has 115 valence electrons. The molecule has 1 aromatic carbocycles. The van der Waals surface area contributed by atoms with Crippen LogP contribution in [0.4, 0.5) is 0 Å². The lowest BCUT2D eigenvalue weighted by Gasteiger charge is -2.17. The molecule has 0 atom stereocenters. The van der Waals surface area contributed by atoms with Gasteiger partial charge in [-0.05, 0) is 53.5 Å². The van der Waals surface area contributed by atoms with Crippen LogP contribution in [0.1, 0.15) is 88.5 Å². The minimum Gasteiger partial charge on any atom is -0.0651 e. The van der Waals surface area contributed by atoms with Crippen molar-refractivity contribution in [3.63, 3.8) is 0 Å². The summed E-state index contributed by atoms with van der Waals surface area (Å²) < 4.78 is 0. The molecule has 0 aliphatic heterocycles. The van der Waals surface area contributed by atoms with Gasteiger partial charge in [-0.3, -0.25) is 0 Å². The van der Waals surface area contributed by atoms with Gasteiger partial charge < -0.3 is 0 Å². The first-order valence-corrected chi connectivity index (χ1v) is 8.98. The van der Waals surface area contributed by atoms with Crippen molar-refractivity contribution >= 4 is 5.57 Å². The van der Waals surface area contributed by atoms with Crippen molar-refractivity contribution in [3.8, 4) is 0 Å². The molecule has 21 heavy (non-hydrogen) atoms. The second-order valence-electron chi connectivity index (χ2n) is 6.32. The van der Waals surface area contributed by atoms with Crippen LogP contribution in [0.5, 0.6) is 0 Å². The quantitative estimate of drug-likeness (QED) is 0.510. The van der Waals surface area contributed by atoms with E-state index in [1.807, 2.05) is 0 Å². The molecular formula is C21H31. The van der Waals surface area contributed by atoms with Crippen LogP contribution in [0.2, 0.25) is 0 Å². The summed E-state index contributed by atoms with van der Waals surface area (Å²) in [6.07, 6.45) is 12.4. The van der Waals surface area contributed by atoms with Gasteiger partial charge in [0.25, 0.3) is 0 Å². The van der Waals surface area contributed by atoms with E-state index >= 15 is 0 Å². The van der Waals surface area contributed by atoms with Gasteiger partial charge in [0, 0.05) is 6.42 Å². The topological polar surface area (TPSA) is 0 Å². The predicted octanol–water partition coefficient (Wildman–Crippen LogP) is 6.51. The lowest BCUT2D eigenvalue weighted by Crippen LogP contribution is -2.01. The summed E-state index contributed by atoms with van der Waals surface area (Å²) in [6, 6.07) is 4.76. The van der Waals surface area contributed by atoms with E-state index in [2.05, 4.69) is 46.2 Å². The monoisotopic (exact) mass is 283 g/mol. The predicted molar refractivity (Wildman–Crippen MR) is 94.6 cm³/mol. The lowest BCUT2D eigenvalue weighted by atomic mass is 9.88. The highest BCUT2D eigenvalue weighted by atomic mass is 14.3. The van der Waals surface area contributed by atoms with Crippen molar-refractivity contribution in [2.24, 2.45) is 0 Å². The summed E-state index contributed by atoms with van der Waals surface area (Å²) in [6.45, 7) is 9.21. The molecule has 1 aliphatic carbocycles. The first-order valence-electron chi connectivity index (χ1n) is 8.98. The van der Waals surface area contributed by atoms with Crippen LogP contribution in [-0.4, -0.2) is 0 Å². The molecule has 0 heterocycles. The molecule has 0 unspecified atom stereocenters. The molecule has 0 saturated heterocycles. The van der Waals surface area contributed by atoms with Crippen LogP contribution < -0.4 is 0 Å². The van der Waals surface area contributed by atoms with E-state index in [9.17, 15) is 0 Å². The maximum Gasteiger partial charge on any atom is 0.0167 e. The minimum absolute atomic E-state index is 1.23. The molecule has 0 amide bonds. The number of hydrogen-bond acceptors (Lipinski definition) is 0. The van der Waals surface area contributed by atoms with E-state index in [0.717, 1.165) is 0 Å². The number of hydrogen-bond donors (Lipinski definition) is 0. The minimum atomic E-state index is 1.23. The zero-order valence-corrected chi connectivity index (χ0v) is 14.4. The Bertz CT molecular complexity index is 505. The molecule has 0 heteroatoms. The molecule has 0 bridgehead atoms. The van der Waals surface area contributed by atoms with Crippen LogP contribution in [-0.2, 0) is 12.8 Å². The smallest absolute Gasteiger partial charge is 0.0167 e. The zero-order valence-electron chi connectivity index (χ0n) is 14.4. The first kappa shape index (κ1) is 16.3. The highest BCUT2D eigenvalue weighted by Crippen LogP contribution is 2.42. The van der Waals surface area contributed by atoms with Crippen molar-refractivity contribution < 1.29 is 0 Å². The van der Waals surface area contributed by atoms with Gasteiger partial charge in [-0.2, -0.15) is 0 Å². The molecular weight excluding hydrogens is 252 g/mol. The molecule has 0 spiro atoms. The zero-order chi connectivity index (χ0) is 15.2. The van der Waals surface area contributed by atoms with Crippen LogP contribution in [0, 0.1) is 6.42 Å². The van der Waals surface area contributed by atoms with E-state index < -0.39 is 0 Å². The Labute approximate surface area is 131 Å². The lowest BCUT2D eigenvalue weighted by molar-refractivity contribution is 0.854. The van der Waals surface area contributed by atoms with Gasteiger partial charge in [0.1, 0.15) is 0 Å². The molecule has 1 radical (unpaired) electrons. The van der Waals surface area contributed by atoms with E-state index in [0.29, 0.717) is 0 Å². The van der Waals surface area contributed by atoms with E-state index in [4.69, 9.17) is 0 Å². The van der Waals surface area contributed by atoms with Crippen LogP contribution in [0.3, 0.4) is 0 Å². The van der Waals surface area contributed by atoms with Crippen LogP contribution in [0.25, 0.3) is 5.57 Å². The van der Waals surface area contributed by atoms with E-state index in [1.165, 1.54) is 56.9 Å². The average molecular weight is 283 g/mol. The van der Waals surface area contributed by atoms with Crippen LogP contribution in [0.15, 0.2) is 17.7 Å². The maximum atomic E-state index is 2.47. The summed E-state index contributed by atoms with van der Waals surface area (Å²) in [5.74, 6) is 0. The highest BCUT2D eigenvalue weighted by molar-refractivity contribution is 5.83. The fraction of sp³-hybridized carbons (Fsp3) is 0.571. The summed E-state index contributed by atoms with van der Waals surface area (Å²) in [4.78, 5) is 0. The fourth-order valence-electron chi connectivity index (χ4n) is 3.69. The standard InChI is InChI=1S/C21H31/c1-5-9-16-13-14-18-15-17(10-6-2)20(12-8-4)21(18)19(16)11-7-3/h13-15H,5-12H2,1-4H3. The van der Waals surface area contributed by atoms with E-state index in [-0.39, 0.29) is 0 Å². The summed E-state index contributed by atoms with van der Waals surface area (Å²) in [5, 5.41) is 0. The van der Waals surface area contributed by atoms with Crippen molar-refractivity contribution in [1.82, 2.24) is 0 Å². The summed E-state index contributed by atoms with van der Waals surface area (Å²) in [5.41, 5.74) is 9.63. The molecule has 1 aliphatic rings. The average Bonchev–Trinajstić information content (AvgIpc) is 2.81. The van der Waals surface area contributed by atoms with Crippen molar-refractivity contribution in [2.45, 2.75) is 79.1 Å². The van der Waals surface area contributed by atoms with Gasteiger partial charge in [0.05, 0.1) is 0 Å². The molecule has 0 fully saturated rings. The number of rotatable bonds is 8. The Hall–Kier alpha value is -1.04. The van der Waals surface area contributed by atoms with Crippen LogP contribution >= 0.6 is 0 Å². The molecule has 0 aromatic heterocycles. The second kappa shape index (κ2) is 7.82. The highest BCUT2D eigenvalue weighted by Gasteiger charge is 2.24. The Kier molecular flexibility index (Phi) is 6.08. The molecule has 0 N–H and O–H groups in total. The normalized spacial score (nSPS) is 13.9. The second-order valence-corrected chi connectivity index (χ2v) is 6.32. The van der Waals surface area contributed by atoms with Crippen molar-refractivity contribution in [2.75, 3.05) is 0 Å². The largest absolute Gasteiger partial charge is 0.0651 e. The van der Waals surface area contributed by atoms with Gasteiger partial charge in [0.15, 0.2) is 0 Å². The molecule has 1 aromatic rings. The Morgan fingerprint density at radius 3 is 2.00 bits per heavy atom. The van der Waals surface area contributed by atoms with Crippen molar-refractivity contribution in [3.05, 3.63) is 46.4 Å². The van der Waals surface area contributed by atoms with Crippen molar-refractivity contribution in [1.29, 1.82) is 0 Å². The molecule has 0 nitrogen and oxygen atoms in total. The number of fused-ring (bicyclic) bond motifs is 1. The first-order chi connectivity index (χ1) is 10.3. The van der Waals surface area contributed by atoms with Gasteiger partial charge >= 0.3 is 0 Å². The third-order valence-electron chi connectivity index (χ3n) is 4.50. The third kappa shape index (κ3) is 3.42. The Morgan fingerprint density at radius 1 is 0.714 bits per heavy atom. The van der Waals surface area contributed by atoms with E-state index in [1.54, 1.807) is 27.8 Å². The van der Waals surface area contributed by atoms with Gasteiger partial charge in [0.2, 0.25) is 0 Å². The Morgan fingerprint density at radius 2 is 1.38 bits per heavy atom.